The van der Waals surface area contributed by atoms with Crippen LogP contribution in [-0.2, 0) is 4.79 Å². The number of ether oxygens (including phenoxy) is 1. The number of hydrogen-bond donors (Lipinski definition) is 2. The molecular weight excluding hydrogens is 287 g/mol. The lowest BCUT2D eigenvalue weighted by Gasteiger charge is -2.22. The van der Waals surface area contributed by atoms with Gasteiger partial charge < -0.3 is 15.4 Å². The molecule has 0 unspecified atom stereocenters. The van der Waals surface area contributed by atoms with E-state index in [4.69, 9.17) is 16.3 Å². The van der Waals surface area contributed by atoms with E-state index in [0.29, 0.717) is 16.5 Å². The molecule has 0 saturated carbocycles. The Bertz CT molecular complexity index is 435. The molecule has 1 saturated heterocycles. The second-order valence-corrected chi connectivity index (χ2v) is 4.75. The number of anilines is 1. The summed E-state index contributed by atoms with van der Waals surface area (Å²) in [4.78, 5) is 12.0. The number of nitrogens with one attached hydrogen (secondary N) is 2. The van der Waals surface area contributed by atoms with Gasteiger partial charge in [0.1, 0.15) is 5.75 Å². The fourth-order valence-electron chi connectivity index (χ4n) is 2.05. The van der Waals surface area contributed by atoms with Crippen LogP contribution in [0.5, 0.6) is 5.75 Å². The van der Waals surface area contributed by atoms with Crippen molar-refractivity contribution in [3.63, 3.8) is 0 Å². The molecule has 19 heavy (non-hydrogen) atoms. The minimum Gasteiger partial charge on any atom is -0.495 e. The third kappa shape index (κ3) is 4.27. The molecule has 0 radical (unpaired) electrons. The average Bonchev–Trinajstić information content (AvgIpc) is 2.40. The topological polar surface area (TPSA) is 50.4 Å². The molecule has 2 N–H and O–H groups in total. The van der Waals surface area contributed by atoms with Crippen LogP contribution < -0.4 is 15.4 Å². The van der Waals surface area contributed by atoms with Gasteiger partial charge in [0, 0.05) is 5.69 Å². The molecular formula is C13H18Cl2N2O2. The molecule has 0 bridgehead atoms. The van der Waals surface area contributed by atoms with E-state index in [-0.39, 0.29) is 24.4 Å². The zero-order chi connectivity index (χ0) is 13.0. The van der Waals surface area contributed by atoms with Crippen LogP contribution >= 0.6 is 24.0 Å². The Kier molecular flexibility index (Phi) is 6.42. The third-order valence-electron chi connectivity index (χ3n) is 3.05. The van der Waals surface area contributed by atoms with Crippen LogP contribution in [-0.4, -0.2) is 25.6 Å². The maximum absolute atomic E-state index is 12.0. The van der Waals surface area contributed by atoms with E-state index in [1.807, 2.05) is 0 Å². The van der Waals surface area contributed by atoms with E-state index in [1.165, 1.54) is 0 Å². The van der Waals surface area contributed by atoms with E-state index in [9.17, 15) is 4.79 Å². The zero-order valence-electron chi connectivity index (χ0n) is 10.7. The molecule has 0 aliphatic carbocycles. The highest BCUT2D eigenvalue weighted by molar-refractivity contribution is 6.32. The smallest absolute Gasteiger partial charge is 0.241 e. The quantitative estimate of drug-likeness (QED) is 0.903. The van der Waals surface area contributed by atoms with Crippen LogP contribution in [0.25, 0.3) is 0 Å². The fraction of sp³-hybridized carbons (Fsp3) is 0.462. The molecule has 2 rings (SSSR count). The maximum Gasteiger partial charge on any atom is 0.241 e. The van der Waals surface area contributed by atoms with Crippen molar-refractivity contribution >= 4 is 35.6 Å². The summed E-state index contributed by atoms with van der Waals surface area (Å²) in [6.45, 7) is 0.904. The van der Waals surface area contributed by atoms with Gasteiger partial charge in [0.05, 0.1) is 18.2 Å². The molecule has 1 amide bonds. The molecule has 1 heterocycles. The number of methoxy groups -OCH3 is 1. The monoisotopic (exact) mass is 304 g/mol. The van der Waals surface area contributed by atoms with Crippen LogP contribution in [0.4, 0.5) is 5.69 Å². The van der Waals surface area contributed by atoms with Crippen molar-refractivity contribution in [2.75, 3.05) is 19.0 Å². The van der Waals surface area contributed by atoms with E-state index in [1.54, 1.807) is 25.3 Å². The van der Waals surface area contributed by atoms with Crippen molar-refractivity contribution in [1.29, 1.82) is 0 Å². The predicted octanol–water partition coefficient (Wildman–Crippen LogP) is 2.85. The molecule has 0 spiro atoms. The average molecular weight is 305 g/mol. The molecule has 1 atom stereocenters. The first-order valence-corrected chi connectivity index (χ1v) is 6.46. The van der Waals surface area contributed by atoms with Crippen molar-refractivity contribution in [3.8, 4) is 5.75 Å². The summed E-state index contributed by atoms with van der Waals surface area (Å²) in [6, 6.07) is 5.12. The van der Waals surface area contributed by atoms with Gasteiger partial charge in [-0.1, -0.05) is 18.0 Å². The number of amides is 1. The minimum absolute atomic E-state index is 0. The fourth-order valence-corrected chi connectivity index (χ4v) is 2.31. The minimum atomic E-state index is -0.0976. The van der Waals surface area contributed by atoms with E-state index >= 15 is 0 Å². The van der Waals surface area contributed by atoms with Gasteiger partial charge in [-0.25, -0.2) is 0 Å². The molecule has 1 aliphatic heterocycles. The van der Waals surface area contributed by atoms with Crippen molar-refractivity contribution in [1.82, 2.24) is 5.32 Å². The Hall–Kier alpha value is -0.970. The van der Waals surface area contributed by atoms with Crippen LogP contribution in [0.3, 0.4) is 0 Å². The van der Waals surface area contributed by atoms with Crippen molar-refractivity contribution in [3.05, 3.63) is 23.2 Å². The van der Waals surface area contributed by atoms with Gasteiger partial charge in [-0.3, -0.25) is 4.79 Å². The summed E-state index contributed by atoms with van der Waals surface area (Å²) in [6.07, 6.45) is 3.11. The lowest BCUT2D eigenvalue weighted by Crippen LogP contribution is -2.43. The summed E-state index contributed by atoms with van der Waals surface area (Å²) in [5.41, 5.74) is 0.693. The summed E-state index contributed by atoms with van der Waals surface area (Å²) in [5, 5.41) is 6.56. The molecule has 0 aromatic heterocycles. The van der Waals surface area contributed by atoms with Crippen LogP contribution in [0.1, 0.15) is 19.3 Å². The number of rotatable bonds is 3. The van der Waals surface area contributed by atoms with Gasteiger partial charge in [-0.2, -0.15) is 0 Å². The number of benzene rings is 1. The highest BCUT2D eigenvalue weighted by Gasteiger charge is 2.20. The predicted molar refractivity (Wildman–Crippen MR) is 79.5 cm³/mol. The summed E-state index contributed by atoms with van der Waals surface area (Å²) >= 11 is 6.01. The lowest BCUT2D eigenvalue weighted by atomic mass is 10.0. The van der Waals surface area contributed by atoms with E-state index in [0.717, 1.165) is 25.8 Å². The molecule has 106 valence electrons. The Labute approximate surface area is 124 Å². The Morgan fingerprint density at radius 1 is 1.47 bits per heavy atom. The van der Waals surface area contributed by atoms with Crippen molar-refractivity contribution in [2.24, 2.45) is 0 Å². The number of halogens is 2. The van der Waals surface area contributed by atoms with Gasteiger partial charge in [-0.15, -0.1) is 12.4 Å². The van der Waals surface area contributed by atoms with Crippen LogP contribution in [0.15, 0.2) is 18.2 Å². The molecule has 1 aromatic rings. The second kappa shape index (κ2) is 7.58. The van der Waals surface area contributed by atoms with Gasteiger partial charge in [0.25, 0.3) is 0 Å². The van der Waals surface area contributed by atoms with Gasteiger partial charge >= 0.3 is 0 Å². The Balaban J connectivity index is 0.00000180. The van der Waals surface area contributed by atoms with E-state index < -0.39 is 0 Å². The molecule has 1 aromatic carbocycles. The molecule has 6 heteroatoms. The molecule has 1 aliphatic rings. The highest BCUT2D eigenvalue weighted by Crippen LogP contribution is 2.27. The van der Waals surface area contributed by atoms with Crippen LogP contribution in [0, 0.1) is 0 Å². The standard InChI is InChI=1S/C13H17ClN2O2.ClH/c1-18-12-6-5-9(8-10(12)14)16-13(17)11-4-2-3-7-15-11;/h5-6,8,11,15H,2-4,7H2,1H3,(H,16,17);1H/t11-;/m0./s1. The van der Waals surface area contributed by atoms with Gasteiger partial charge in [0.2, 0.25) is 5.91 Å². The number of hydrogen-bond acceptors (Lipinski definition) is 3. The maximum atomic E-state index is 12.0. The molecule has 4 nitrogen and oxygen atoms in total. The first-order chi connectivity index (χ1) is 8.70. The number of carbonyl (C=O) groups excluding carboxylic acids is 1. The lowest BCUT2D eigenvalue weighted by molar-refractivity contribution is -0.118. The summed E-state index contributed by atoms with van der Waals surface area (Å²) in [7, 11) is 1.56. The second-order valence-electron chi connectivity index (χ2n) is 4.34. The van der Waals surface area contributed by atoms with Crippen LogP contribution in [0.2, 0.25) is 5.02 Å². The molecule has 1 fully saturated rings. The van der Waals surface area contributed by atoms with E-state index in [2.05, 4.69) is 10.6 Å². The van der Waals surface area contributed by atoms with Crippen molar-refractivity contribution in [2.45, 2.75) is 25.3 Å². The SMILES string of the molecule is COc1ccc(NC(=O)[C@@H]2CCCCN2)cc1Cl.Cl. The Morgan fingerprint density at radius 3 is 2.84 bits per heavy atom. The largest absolute Gasteiger partial charge is 0.495 e. The van der Waals surface area contributed by atoms with Gasteiger partial charge in [-0.05, 0) is 37.6 Å². The van der Waals surface area contributed by atoms with Crippen molar-refractivity contribution < 1.29 is 9.53 Å². The first kappa shape index (κ1) is 16.1. The highest BCUT2D eigenvalue weighted by atomic mass is 35.5. The van der Waals surface area contributed by atoms with Gasteiger partial charge in [0.15, 0.2) is 0 Å². The first-order valence-electron chi connectivity index (χ1n) is 6.08. The summed E-state index contributed by atoms with van der Waals surface area (Å²) < 4.78 is 5.06. The normalized spacial score (nSPS) is 18.3. The third-order valence-corrected chi connectivity index (χ3v) is 3.34. The number of piperidine rings is 1. The number of carbonyl (C=O) groups is 1. The summed E-state index contributed by atoms with van der Waals surface area (Å²) in [5.74, 6) is 0.599. The Morgan fingerprint density at radius 2 is 2.26 bits per heavy atom. The zero-order valence-corrected chi connectivity index (χ0v) is 12.3.